The summed E-state index contributed by atoms with van der Waals surface area (Å²) in [5.74, 6) is 2.52. The normalized spacial score (nSPS) is 9.78. The molecule has 0 aromatic carbocycles. The molecule has 0 N–H and O–H groups in total. The maximum atomic E-state index is 11.9. The second kappa shape index (κ2) is 16.5. The van der Waals surface area contributed by atoms with Crippen LogP contribution in [0.3, 0.4) is 0 Å². The van der Waals surface area contributed by atoms with Crippen molar-refractivity contribution in [2.24, 2.45) is 0 Å². The zero-order chi connectivity index (χ0) is 27.8. The predicted molar refractivity (Wildman–Crippen MR) is 149 cm³/mol. The van der Waals surface area contributed by atoms with Crippen LogP contribution in [-0.2, 0) is 4.79 Å². The molecule has 0 saturated heterocycles. The van der Waals surface area contributed by atoms with Gasteiger partial charge < -0.3 is 4.79 Å². The first-order valence-corrected chi connectivity index (χ1v) is 12.5. The van der Waals surface area contributed by atoms with Gasteiger partial charge in [-0.05, 0) is 38.8 Å². The standard InChI is InChI=1S/C23H26N6O.C3H4.C2H6.CH2O/c1-4-7-17(8-5-2)22-21(15-30)16(3)29-23(27-22)20(13-26-29)18-11-25-28(14-18)19-9-6-10-24-12-19;1-3-2;2*1-2/h6,9-15,17H,4-5,7-8H2,1-3H3;1H,2H3;1-2H3;1H2. The number of hydrogen-bond donors (Lipinski definition) is 0. The molecule has 196 valence electrons. The molecule has 4 aromatic heterocycles. The van der Waals surface area contributed by atoms with Crippen molar-refractivity contribution in [3.63, 3.8) is 0 Å². The van der Waals surface area contributed by atoms with Crippen molar-refractivity contribution < 1.29 is 9.59 Å². The Morgan fingerprint density at radius 1 is 1.11 bits per heavy atom. The lowest BCUT2D eigenvalue weighted by molar-refractivity contribution is -0.0980. The van der Waals surface area contributed by atoms with Crippen LogP contribution in [0.5, 0.6) is 0 Å². The van der Waals surface area contributed by atoms with Gasteiger partial charge in [0, 0.05) is 29.4 Å². The molecular weight excluding hydrogens is 464 g/mol. The van der Waals surface area contributed by atoms with Gasteiger partial charge in [0.15, 0.2) is 11.9 Å². The number of carbonyl (C=O) groups excluding carboxylic acids is 2. The molecule has 8 nitrogen and oxygen atoms in total. The fourth-order valence-corrected chi connectivity index (χ4v) is 4.04. The van der Waals surface area contributed by atoms with Gasteiger partial charge >= 0.3 is 0 Å². The van der Waals surface area contributed by atoms with Gasteiger partial charge in [-0.1, -0.05) is 40.5 Å². The van der Waals surface area contributed by atoms with Crippen molar-refractivity contribution in [1.82, 2.24) is 29.4 Å². The maximum Gasteiger partial charge on any atom is 0.163 e. The largest absolute Gasteiger partial charge is 0.307 e. The van der Waals surface area contributed by atoms with Crippen LogP contribution >= 0.6 is 0 Å². The Bertz CT molecular complexity index is 1270. The summed E-state index contributed by atoms with van der Waals surface area (Å²) >= 11 is 0. The number of pyridine rings is 1. The average molecular weight is 503 g/mol. The molecule has 0 saturated carbocycles. The molecule has 0 unspecified atom stereocenters. The van der Waals surface area contributed by atoms with Crippen molar-refractivity contribution in [2.45, 2.75) is 73.1 Å². The Kier molecular flexibility index (Phi) is 13.8. The lowest BCUT2D eigenvalue weighted by atomic mass is 9.91. The zero-order valence-corrected chi connectivity index (χ0v) is 22.8. The number of aldehydes is 1. The topological polar surface area (TPSA) is 95.0 Å². The van der Waals surface area contributed by atoms with Crippen molar-refractivity contribution in [1.29, 1.82) is 0 Å². The second-order valence-electron chi connectivity index (χ2n) is 7.86. The highest BCUT2D eigenvalue weighted by Crippen LogP contribution is 2.32. The minimum atomic E-state index is 0.268. The molecule has 0 aliphatic rings. The molecule has 4 heterocycles. The smallest absolute Gasteiger partial charge is 0.163 e. The van der Waals surface area contributed by atoms with Crippen LogP contribution in [0.25, 0.3) is 22.5 Å². The SMILES string of the molecule is C#CC.C=O.CC.CCCC(CCC)c1nc2c(-c3cnn(-c4cccnc4)c3)cnn2c(C)c1C=O. The number of aryl methyl sites for hydroxylation is 1. The molecule has 37 heavy (non-hydrogen) atoms. The quantitative estimate of drug-likeness (QED) is 0.208. The molecule has 0 atom stereocenters. The highest BCUT2D eigenvalue weighted by atomic mass is 16.1. The second-order valence-corrected chi connectivity index (χ2v) is 7.86. The third-order valence-corrected chi connectivity index (χ3v) is 5.54. The molecule has 0 aliphatic heterocycles. The maximum absolute atomic E-state index is 11.9. The fourth-order valence-electron chi connectivity index (χ4n) is 4.04. The summed E-state index contributed by atoms with van der Waals surface area (Å²) in [7, 11) is 0. The van der Waals surface area contributed by atoms with Gasteiger partial charge in [0.2, 0.25) is 0 Å². The van der Waals surface area contributed by atoms with E-state index in [4.69, 9.17) is 9.78 Å². The molecule has 4 aromatic rings. The Balaban J connectivity index is 0.000000894. The summed E-state index contributed by atoms with van der Waals surface area (Å²) in [6, 6.07) is 3.84. The van der Waals surface area contributed by atoms with Gasteiger partial charge in [0.1, 0.15) is 6.79 Å². The molecule has 0 radical (unpaired) electrons. The molecule has 0 aliphatic carbocycles. The predicted octanol–water partition coefficient (Wildman–Crippen LogP) is 6.26. The molecule has 0 amide bonds. The number of hydrogen-bond acceptors (Lipinski definition) is 6. The third kappa shape index (κ3) is 7.43. The highest BCUT2D eigenvalue weighted by Gasteiger charge is 2.22. The van der Waals surface area contributed by atoms with Crippen LogP contribution in [0.2, 0.25) is 0 Å². The van der Waals surface area contributed by atoms with Crippen molar-refractivity contribution in [2.75, 3.05) is 0 Å². The number of nitrogens with zero attached hydrogens (tertiary/aromatic N) is 6. The minimum absolute atomic E-state index is 0.268. The molecule has 0 fully saturated rings. The number of aromatic nitrogens is 6. The van der Waals surface area contributed by atoms with E-state index in [-0.39, 0.29) is 5.92 Å². The van der Waals surface area contributed by atoms with Gasteiger partial charge in [-0.25, -0.2) is 14.2 Å². The first-order chi connectivity index (χ1) is 18.1. The molecular formula is C29H38N6O2. The van der Waals surface area contributed by atoms with E-state index in [1.54, 1.807) is 34.7 Å². The Morgan fingerprint density at radius 3 is 2.30 bits per heavy atom. The van der Waals surface area contributed by atoms with E-state index in [1.165, 1.54) is 0 Å². The summed E-state index contributed by atoms with van der Waals surface area (Å²) < 4.78 is 3.55. The van der Waals surface area contributed by atoms with Crippen LogP contribution in [0.15, 0.2) is 43.1 Å². The third-order valence-electron chi connectivity index (χ3n) is 5.54. The van der Waals surface area contributed by atoms with Gasteiger partial charge in [-0.3, -0.25) is 9.78 Å². The van der Waals surface area contributed by atoms with Gasteiger partial charge in [0.05, 0.1) is 41.2 Å². The summed E-state index contributed by atoms with van der Waals surface area (Å²) in [4.78, 5) is 29.1. The summed E-state index contributed by atoms with van der Waals surface area (Å²) in [5, 5.41) is 9.00. The van der Waals surface area contributed by atoms with Gasteiger partial charge in [-0.2, -0.15) is 10.2 Å². The van der Waals surface area contributed by atoms with Crippen LogP contribution in [-0.4, -0.2) is 42.4 Å². The first kappa shape index (κ1) is 30.9. The van der Waals surface area contributed by atoms with Crippen molar-refractivity contribution in [3.8, 4) is 29.2 Å². The van der Waals surface area contributed by atoms with E-state index in [2.05, 4.69) is 41.4 Å². The highest BCUT2D eigenvalue weighted by molar-refractivity contribution is 5.82. The summed E-state index contributed by atoms with van der Waals surface area (Å²) in [6.07, 6.45) is 18.7. The van der Waals surface area contributed by atoms with Crippen molar-refractivity contribution >= 4 is 18.7 Å². The number of rotatable bonds is 8. The van der Waals surface area contributed by atoms with Gasteiger partial charge in [-0.15, -0.1) is 12.3 Å². The molecule has 4 rings (SSSR count). The fraction of sp³-hybridized carbons (Fsp3) is 0.379. The lowest BCUT2D eigenvalue weighted by Gasteiger charge is -2.18. The first-order valence-electron chi connectivity index (χ1n) is 12.5. The van der Waals surface area contributed by atoms with Crippen LogP contribution in [0.1, 0.15) is 88.0 Å². The molecule has 0 bridgehead atoms. The van der Waals surface area contributed by atoms with Gasteiger partial charge in [0.25, 0.3) is 0 Å². The van der Waals surface area contributed by atoms with Crippen LogP contribution in [0.4, 0.5) is 0 Å². The zero-order valence-electron chi connectivity index (χ0n) is 22.8. The minimum Gasteiger partial charge on any atom is -0.307 e. The van der Waals surface area contributed by atoms with E-state index in [0.29, 0.717) is 5.56 Å². The Hall–Kier alpha value is -4.12. The van der Waals surface area contributed by atoms with E-state index in [9.17, 15) is 4.79 Å². The average Bonchev–Trinajstić information content (AvgIpc) is 3.59. The number of terminal acetylenes is 1. The summed E-state index contributed by atoms with van der Waals surface area (Å²) in [6.45, 7) is 13.9. The molecule has 8 heteroatoms. The Labute approximate surface area is 220 Å². The van der Waals surface area contributed by atoms with Crippen LogP contribution < -0.4 is 0 Å². The monoisotopic (exact) mass is 502 g/mol. The van der Waals surface area contributed by atoms with E-state index in [1.807, 2.05) is 52.1 Å². The van der Waals surface area contributed by atoms with E-state index < -0.39 is 0 Å². The molecule has 0 spiro atoms. The lowest BCUT2D eigenvalue weighted by Crippen LogP contribution is -2.11. The summed E-state index contributed by atoms with van der Waals surface area (Å²) in [5.41, 5.74) is 5.85. The van der Waals surface area contributed by atoms with E-state index >= 15 is 0 Å². The van der Waals surface area contributed by atoms with Crippen molar-refractivity contribution in [3.05, 3.63) is 60.1 Å². The Morgan fingerprint density at radius 2 is 1.76 bits per heavy atom. The van der Waals surface area contributed by atoms with E-state index in [0.717, 1.165) is 65.8 Å². The number of fused-ring (bicyclic) bond motifs is 1. The number of carbonyl (C=O) groups is 2. The van der Waals surface area contributed by atoms with Crippen LogP contribution in [0, 0.1) is 19.3 Å².